The van der Waals surface area contributed by atoms with Crippen molar-refractivity contribution in [3.63, 3.8) is 0 Å². The number of nitrogens with one attached hydrogen (secondary N) is 1. The number of aromatic nitrogens is 4. The number of benzene rings is 2. The molecular formula is C23H19F2N5O2. The van der Waals surface area contributed by atoms with Gasteiger partial charge in [0.25, 0.3) is 11.5 Å². The maximum atomic E-state index is 14.3. The molecular weight excluding hydrogens is 416 g/mol. The first kappa shape index (κ1) is 20.0. The van der Waals surface area contributed by atoms with Gasteiger partial charge in [-0.25, -0.2) is 18.1 Å². The minimum absolute atomic E-state index is 0.158. The molecule has 0 spiro atoms. The average molecular weight is 435 g/mol. The van der Waals surface area contributed by atoms with Crippen molar-refractivity contribution in [2.75, 3.05) is 0 Å². The van der Waals surface area contributed by atoms with E-state index in [-0.39, 0.29) is 23.0 Å². The molecule has 162 valence electrons. The molecule has 2 heterocycles. The topological polar surface area (TPSA) is 81.8 Å². The summed E-state index contributed by atoms with van der Waals surface area (Å²) in [6, 6.07) is 9.85. The number of carbonyl (C=O) groups is 1. The van der Waals surface area contributed by atoms with Gasteiger partial charge in [-0.1, -0.05) is 18.2 Å². The summed E-state index contributed by atoms with van der Waals surface area (Å²) in [5.74, 6) is -1.77. The minimum Gasteiger partial charge on any atom is -0.344 e. The molecule has 2 aromatic carbocycles. The van der Waals surface area contributed by atoms with Crippen LogP contribution in [0.1, 0.15) is 40.6 Å². The van der Waals surface area contributed by atoms with Crippen LogP contribution in [0.5, 0.6) is 0 Å². The summed E-state index contributed by atoms with van der Waals surface area (Å²) in [5.41, 5.74) is 1.59. The number of carbonyl (C=O) groups excluding carboxylic acids is 1. The first-order chi connectivity index (χ1) is 15.4. The summed E-state index contributed by atoms with van der Waals surface area (Å²) in [7, 11) is 1.51. The van der Waals surface area contributed by atoms with Crippen LogP contribution in [-0.2, 0) is 13.5 Å². The smallest absolute Gasteiger partial charge is 0.274 e. The molecule has 0 aliphatic heterocycles. The number of fused-ring (bicyclic) bond motifs is 2. The molecule has 4 aromatic rings. The van der Waals surface area contributed by atoms with Gasteiger partial charge in [0, 0.05) is 29.8 Å². The van der Waals surface area contributed by atoms with Gasteiger partial charge in [-0.2, -0.15) is 10.2 Å². The molecule has 1 N–H and O–H groups in total. The summed E-state index contributed by atoms with van der Waals surface area (Å²) in [6.45, 7) is 0. The van der Waals surface area contributed by atoms with E-state index in [9.17, 15) is 18.4 Å². The van der Waals surface area contributed by atoms with E-state index in [1.807, 2.05) is 0 Å². The van der Waals surface area contributed by atoms with Crippen molar-refractivity contribution in [3.8, 4) is 5.69 Å². The molecule has 7 nitrogen and oxygen atoms in total. The number of hydrogen-bond acceptors (Lipinski definition) is 4. The van der Waals surface area contributed by atoms with E-state index in [1.165, 1.54) is 23.9 Å². The molecule has 5 rings (SSSR count). The third kappa shape index (κ3) is 3.26. The second-order valence-electron chi connectivity index (χ2n) is 7.80. The van der Waals surface area contributed by atoms with Crippen molar-refractivity contribution >= 4 is 16.7 Å². The van der Waals surface area contributed by atoms with Crippen LogP contribution < -0.4 is 10.9 Å². The van der Waals surface area contributed by atoms with Crippen LogP contribution >= 0.6 is 0 Å². The van der Waals surface area contributed by atoms with Crippen molar-refractivity contribution < 1.29 is 13.6 Å². The predicted molar refractivity (Wildman–Crippen MR) is 114 cm³/mol. The van der Waals surface area contributed by atoms with E-state index in [1.54, 1.807) is 30.5 Å². The van der Waals surface area contributed by atoms with E-state index < -0.39 is 17.5 Å². The summed E-state index contributed by atoms with van der Waals surface area (Å²) >= 11 is 0. The lowest BCUT2D eigenvalue weighted by molar-refractivity contribution is 0.0927. The lowest BCUT2D eigenvalue weighted by atomic mass is 9.92. The standard InChI is InChI=1S/C23H19F2N5O2/c1-29-23(32)15-6-3-2-5-14(15)21(28-29)22(31)27-18-7-4-8-19-16(18)12-26-30(19)20-10-9-13(24)11-17(20)25/h2-3,5-6,9-12,18H,4,7-8H2,1H3,(H,27,31). The summed E-state index contributed by atoms with van der Waals surface area (Å²) in [5, 5.41) is 12.4. The Morgan fingerprint density at radius 2 is 1.94 bits per heavy atom. The van der Waals surface area contributed by atoms with Crippen LogP contribution in [0.3, 0.4) is 0 Å². The largest absolute Gasteiger partial charge is 0.344 e. The number of halogens is 2. The van der Waals surface area contributed by atoms with Crippen LogP contribution in [0.4, 0.5) is 8.78 Å². The maximum absolute atomic E-state index is 14.3. The quantitative estimate of drug-likeness (QED) is 0.536. The molecule has 0 saturated carbocycles. The second-order valence-corrected chi connectivity index (χ2v) is 7.80. The lowest BCUT2D eigenvalue weighted by Crippen LogP contribution is -2.33. The van der Waals surface area contributed by atoms with Gasteiger partial charge in [0.2, 0.25) is 0 Å². The summed E-state index contributed by atoms with van der Waals surface area (Å²) in [4.78, 5) is 25.5. The molecule has 9 heteroatoms. The number of aryl methyl sites for hydroxylation is 1. The van der Waals surface area contributed by atoms with E-state index in [2.05, 4.69) is 15.5 Å². The molecule has 0 fully saturated rings. The maximum Gasteiger partial charge on any atom is 0.274 e. The highest BCUT2D eigenvalue weighted by Crippen LogP contribution is 2.32. The van der Waals surface area contributed by atoms with Crippen LogP contribution in [0.2, 0.25) is 0 Å². The van der Waals surface area contributed by atoms with E-state index >= 15 is 0 Å². The molecule has 32 heavy (non-hydrogen) atoms. The summed E-state index contributed by atoms with van der Waals surface area (Å²) in [6.07, 6.45) is 3.70. The normalized spacial score (nSPS) is 15.5. The lowest BCUT2D eigenvalue weighted by Gasteiger charge is -2.24. The van der Waals surface area contributed by atoms with Crippen molar-refractivity contribution in [2.24, 2.45) is 7.05 Å². The second kappa shape index (κ2) is 7.67. The van der Waals surface area contributed by atoms with Crippen LogP contribution in [0.25, 0.3) is 16.5 Å². The van der Waals surface area contributed by atoms with Crippen LogP contribution in [0, 0.1) is 11.6 Å². The Morgan fingerprint density at radius 3 is 2.72 bits per heavy atom. The van der Waals surface area contributed by atoms with Crippen molar-refractivity contribution in [3.05, 3.63) is 87.6 Å². The third-order valence-corrected chi connectivity index (χ3v) is 5.80. The van der Waals surface area contributed by atoms with Gasteiger partial charge in [0.05, 0.1) is 17.6 Å². The number of rotatable bonds is 3. The fraction of sp³-hybridized carbons (Fsp3) is 0.217. The molecule has 1 unspecified atom stereocenters. The first-order valence-electron chi connectivity index (χ1n) is 10.2. The van der Waals surface area contributed by atoms with Gasteiger partial charge in [-0.3, -0.25) is 9.59 Å². The number of hydrogen-bond donors (Lipinski definition) is 1. The highest BCUT2D eigenvalue weighted by molar-refractivity contribution is 6.04. The fourth-order valence-electron chi connectivity index (χ4n) is 4.26. The Hall–Kier alpha value is -3.88. The molecule has 2 aromatic heterocycles. The Balaban J connectivity index is 1.50. The highest BCUT2D eigenvalue weighted by Gasteiger charge is 2.28. The number of amides is 1. The molecule has 1 amide bonds. The monoisotopic (exact) mass is 435 g/mol. The molecule has 1 aliphatic carbocycles. The van der Waals surface area contributed by atoms with Gasteiger partial charge in [-0.15, -0.1) is 0 Å². The average Bonchev–Trinajstić information content (AvgIpc) is 3.21. The zero-order valence-corrected chi connectivity index (χ0v) is 17.2. The first-order valence-corrected chi connectivity index (χ1v) is 10.2. The Labute approximate surface area is 181 Å². The highest BCUT2D eigenvalue weighted by atomic mass is 19.1. The van der Waals surface area contributed by atoms with Gasteiger partial charge >= 0.3 is 0 Å². The van der Waals surface area contributed by atoms with Crippen molar-refractivity contribution in [2.45, 2.75) is 25.3 Å². The van der Waals surface area contributed by atoms with Crippen molar-refractivity contribution in [1.29, 1.82) is 0 Å². The third-order valence-electron chi connectivity index (χ3n) is 5.80. The van der Waals surface area contributed by atoms with E-state index in [0.717, 1.165) is 28.4 Å². The SMILES string of the molecule is Cn1nc(C(=O)NC2CCCc3c2cnn3-c2ccc(F)cc2F)c2ccccc2c1=O. The van der Waals surface area contributed by atoms with E-state index in [4.69, 9.17) is 0 Å². The van der Waals surface area contributed by atoms with Gasteiger partial charge in [0.1, 0.15) is 11.5 Å². The van der Waals surface area contributed by atoms with Gasteiger partial charge in [0.15, 0.2) is 11.5 Å². The molecule has 0 radical (unpaired) electrons. The number of nitrogens with zero attached hydrogens (tertiary/aromatic N) is 4. The zero-order chi connectivity index (χ0) is 22.4. The zero-order valence-electron chi connectivity index (χ0n) is 17.2. The molecule has 1 aliphatic rings. The van der Waals surface area contributed by atoms with Crippen molar-refractivity contribution in [1.82, 2.24) is 24.9 Å². The minimum atomic E-state index is -0.706. The van der Waals surface area contributed by atoms with E-state index in [0.29, 0.717) is 23.6 Å². The van der Waals surface area contributed by atoms with Crippen LogP contribution in [-0.4, -0.2) is 25.5 Å². The molecule has 0 saturated heterocycles. The fourth-order valence-corrected chi connectivity index (χ4v) is 4.26. The molecule has 1 atom stereocenters. The Bertz CT molecular complexity index is 1430. The molecule has 0 bridgehead atoms. The Morgan fingerprint density at radius 1 is 1.16 bits per heavy atom. The van der Waals surface area contributed by atoms with Crippen LogP contribution in [0.15, 0.2) is 53.5 Å². The van der Waals surface area contributed by atoms with Gasteiger partial charge in [-0.05, 0) is 37.5 Å². The van der Waals surface area contributed by atoms with Gasteiger partial charge < -0.3 is 5.32 Å². The Kier molecular flexibility index (Phi) is 4.80. The summed E-state index contributed by atoms with van der Waals surface area (Å²) < 4.78 is 30.3. The predicted octanol–water partition coefficient (Wildman–Crippen LogP) is 3.20.